The van der Waals surface area contributed by atoms with E-state index in [0.717, 1.165) is 12.2 Å². The molecule has 1 heterocycles. The summed E-state index contributed by atoms with van der Waals surface area (Å²) in [6, 6.07) is 10.4. The Hall–Kier alpha value is -1.53. The molecule has 0 saturated carbocycles. The van der Waals surface area contributed by atoms with Gasteiger partial charge in [-0.05, 0) is 50.1 Å². The van der Waals surface area contributed by atoms with Crippen LogP contribution in [0.25, 0.3) is 0 Å². The lowest BCUT2D eigenvalue weighted by atomic mass is 10.1. The molecular weight excluding hydrogens is 198 g/mol. The Balaban J connectivity index is 1.74. The van der Waals surface area contributed by atoms with Crippen molar-refractivity contribution in [2.24, 2.45) is 0 Å². The summed E-state index contributed by atoms with van der Waals surface area (Å²) in [6.07, 6.45) is 3.77. The van der Waals surface area contributed by atoms with Crippen LogP contribution in [0.2, 0.25) is 0 Å². The Labute approximate surface area is 96.5 Å². The number of anilines is 1. The molecule has 3 heteroatoms. The Kier molecular flexibility index (Phi) is 3.79. The fraction of sp³-hybridized carbons (Fsp3) is 0.462. The van der Waals surface area contributed by atoms with Crippen molar-refractivity contribution in [3.63, 3.8) is 0 Å². The fourth-order valence-corrected chi connectivity index (χ4v) is 2.06. The van der Waals surface area contributed by atoms with Gasteiger partial charge in [-0.15, -0.1) is 0 Å². The van der Waals surface area contributed by atoms with E-state index in [1.165, 1.54) is 25.8 Å². The Morgan fingerprint density at radius 3 is 2.81 bits per heavy atom. The number of benzene rings is 1. The minimum Gasteiger partial charge on any atom is -0.385 e. The molecule has 1 atom stereocenters. The van der Waals surface area contributed by atoms with Crippen LogP contribution in [-0.4, -0.2) is 19.1 Å². The number of nitriles is 1. The molecule has 1 saturated heterocycles. The van der Waals surface area contributed by atoms with E-state index in [1.54, 1.807) is 0 Å². The van der Waals surface area contributed by atoms with Crippen molar-refractivity contribution in [3.05, 3.63) is 29.8 Å². The van der Waals surface area contributed by atoms with Crippen LogP contribution in [0.5, 0.6) is 0 Å². The van der Waals surface area contributed by atoms with Gasteiger partial charge >= 0.3 is 0 Å². The van der Waals surface area contributed by atoms with Gasteiger partial charge in [0.2, 0.25) is 0 Å². The highest BCUT2D eigenvalue weighted by molar-refractivity contribution is 5.47. The van der Waals surface area contributed by atoms with Gasteiger partial charge in [-0.25, -0.2) is 0 Å². The molecular formula is C13H17N3. The number of nitrogens with one attached hydrogen (secondary N) is 2. The van der Waals surface area contributed by atoms with Gasteiger partial charge in [0.15, 0.2) is 0 Å². The van der Waals surface area contributed by atoms with E-state index in [0.29, 0.717) is 11.6 Å². The van der Waals surface area contributed by atoms with E-state index < -0.39 is 0 Å². The van der Waals surface area contributed by atoms with Crippen molar-refractivity contribution in [2.45, 2.75) is 25.3 Å². The molecule has 1 aromatic carbocycles. The molecule has 0 radical (unpaired) electrons. The molecule has 0 aromatic heterocycles. The zero-order valence-electron chi connectivity index (χ0n) is 9.37. The lowest BCUT2D eigenvalue weighted by molar-refractivity contribution is 0.574. The molecule has 1 aliphatic heterocycles. The summed E-state index contributed by atoms with van der Waals surface area (Å²) in [5.41, 5.74) is 1.81. The lowest BCUT2D eigenvalue weighted by Gasteiger charge is -2.11. The van der Waals surface area contributed by atoms with Crippen LogP contribution in [-0.2, 0) is 0 Å². The molecule has 2 N–H and O–H groups in total. The maximum atomic E-state index is 8.67. The molecule has 1 aromatic rings. The van der Waals surface area contributed by atoms with E-state index in [-0.39, 0.29) is 0 Å². The largest absolute Gasteiger partial charge is 0.385 e. The van der Waals surface area contributed by atoms with Crippen molar-refractivity contribution in [1.82, 2.24) is 5.32 Å². The third-order valence-corrected chi connectivity index (χ3v) is 3.00. The summed E-state index contributed by atoms with van der Waals surface area (Å²) in [5.74, 6) is 0. The summed E-state index contributed by atoms with van der Waals surface area (Å²) < 4.78 is 0. The lowest BCUT2D eigenvalue weighted by Crippen LogP contribution is -2.24. The van der Waals surface area contributed by atoms with Crippen molar-refractivity contribution in [3.8, 4) is 6.07 Å². The first-order valence-corrected chi connectivity index (χ1v) is 5.86. The molecule has 0 bridgehead atoms. The summed E-state index contributed by atoms with van der Waals surface area (Å²) in [5, 5.41) is 15.5. The quantitative estimate of drug-likeness (QED) is 0.808. The van der Waals surface area contributed by atoms with Crippen LogP contribution in [0, 0.1) is 11.3 Å². The summed E-state index contributed by atoms with van der Waals surface area (Å²) in [4.78, 5) is 0. The number of hydrogen-bond donors (Lipinski definition) is 2. The van der Waals surface area contributed by atoms with Crippen molar-refractivity contribution in [1.29, 1.82) is 5.26 Å². The number of nitrogens with zero attached hydrogens (tertiary/aromatic N) is 1. The van der Waals surface area contributed by atoms with Gasteiger partial charge in [0.05, 0.1) is 11.6 Å². The molecule has 84 valence electrons. The third kappa shape index (κ3) is 2.98. The molecule has 0 amide bonds. The standard InChI is InChI=1S/C13H17N3/c14-10-11-3-5-13(6-4-11)16-9-7-12-2-1-8-15-12/h3-6,12,15-16H,1-2,7-9H2. The van der Waals surface area contributed by atoms with Crippen molar-refractivity contribution >= 4 is 5.69 Å². The van der Waals surface area contributed by atoms with E-state index in [4.69, 9.17) is 5.26 Å². The van der Waals surface area contributed by atoms with Gasteiger partial charge in [-0.3, -0.25) is 0 Å². The highest BCUT2D eigenvalue weighted by Gasteiger charge is 2.12. The molecule has 0 aliphatic carbocycles. The SMILES string of the molecule is N#Cc1ccc(NCCC2CCCN2)cc1. The average molecular weight is 215 g/mol. The van der Waals surface area contributed by atoms with E-state index in [9.17, 15) is 0 Å². The van der Waals surface area contributed by atoms with Gasteiger partial charge in [0, 0.05) is 18.3 Å². The van der Waals surface area contributed by atoms with Crippen molar-refractivity contribution in [2.75, 3.05) is 18.4 Å². The highest BCUT2D eigenvalue weighted by Crippen LogP contribution is 2.11. The predicted octanol–water partition coefficient (Wildman–Crippen LogP) is 2.11. The smallest absolute Gasteiger partial charge is 0.0991 e. The number of hydrogen-bond acceptors (Lipinski definition) is 3. The second-order valence-corrected chi connectivity index (χ2v) is 4.20. The summed E-state index contributed by atoms with van der Waals surface area (Å²) >= 11 is 0. The van der Waals surface area contributed by atoms with Gasteiger partial charge in [-0.1, -0.05) is 0 Å². The minimum atomic E-state index is 0.686. The zero-order chi connectivity index (χ0) is 11.2. The highest BCUT2D eigenvalue weighted by atomic mass is 14.9. The molecule has 3 nitrogen and oxygen atoms in total. The maximum absolute atomic E-state index is 8.67. The maximum Gasteiger partial charge on any atom is 0.0991 e. The fourth-order valence-electron chi connectivity index (χ4n) is 2.06. The molecule has 2 rings (SSSR count). The van der Waals surface area contributed by atoms with Gasteiger partial charge < -0.3 is 10.6 Å². The Morgan fingerprint density at radius 2 is 2.19 bits per heavy atom. The van der Waals surface area contributed by atoms with Crippen LogP contribution in [0.3, 0.4) is 0 Å². The first kappa shape index (κ1) is 11.0. The number of rotatable bonds is 4. The zero-order valence-corrected chi connectivity index (χ0v) is 9.37. The van der Waals surface area contributed by atoms with Gasteiger partial charge in [-0.2, -0.15) is 5.26 Å². The van der Waals surface area contributed by atoms with Crippen LogP contribution in [0.4, 0.5) is 5.69 Å². The molecule has 1 aliphatic rings. The predicted molar refractivity (Wildman–Crippen MR) is 65.3 cm³/mol. The first-order valence-electron chi connectivity index (χ1n) is 5.86. The summed E-state index contributed by atoms with van der Waals surface area (Å²) in [7, 11) is 0. The minimum absolute atomic E-state index is 0.686. The Bertz CT molecular complexity index is 358. The molecule has 1 fully saturated rings. The molecule has 1 unspecified atom stereocenters. The first-order chi connectivity index (χ1) is 7.88. The van der Waals surface area contributed by atoms with Crippen LogP contribution in [0.15, 0.2) is 24.3 Å². The van der Waals surface area contributed by atoms with Crippen LogP contribution >= 0.6 is 0 Å². The van der Waals surface area contributed by atoms with E-state index in [1.807, 2.05) is 24.3 Å². The molecule has 16 heavy (non-hydrogen) atoms. The second kappa shape index (κ2) is 5.53. The average Bonchev–Trinajstić information content (AvgIpc) is 2.83. The normalized spacial score (nSPS) is 19.3. The Morgan fingerprint density at radius 1 is 1.38 bits per heavy atom. The van der Waals surface area contributed by atoms with Crippen molar-refractivity contribution < 1.29 is 0 Å². The van der Waals surface area contributed by atoms with E-state index >= 15 is 0 Å². The van der Waals surface area contributed by atoms with Crippen LogP contribution < -0.4 is 10.6 Å². The molecule has 0 spiro atoms. The van der Waals surface area contributed by atoms with E-state index in [2.05, 4.69) is 16.7 Å². The second-order valence-electron chi connectivity index (χ2n) is 4.20. The summed E-state index contributed by atoms with van der Waals surface area (Å²) in [6.45, 7) is 2.16. The van der Waals surface area contributed by atoms with Crippen LogP contribution in [0.1, 0.15) is 24.8 Å². The monoisotopic (exact) mass is 215 g/mol. The third-order valence-electron chi connectivity index (χ3n) is 3.00. The van der Waals surface area contributed by atoms with Gasteiger partial charge in [0.1, 0.15) is 0 Å². The van der Waals surface area contributed by atoms with Gasteiger partial charge in [0.25, 0.3) is 0 Å². The topological polar surface area (TPSA) is 47.9 Å².